The molecule has 1 unspecified atom stereocenters. The number of carbonyl (C=O) groups is 1. The summed E-state index contributed by atoms with van der Waals surface area (Å²) in [5.41, 5.74) is -0.430. The van der Waals surface area contributed by atoms with Crippen molar-refractivity contribution in [3.05, 3.63) is 69.7 Å². The molecule has 0 spiro atoms. The number of carbonyl (C=O) groups excluding carboxylic acids is 1. The van der Waals surface area contributed by atoms with E-state index in [2.05, 4.69) is 15.9 Å². The van der Waals surface area contributed by atoms with Crippen LogP contribution in [0.3, 0.4) is 0 Å². The molecule has 0 aliphatic carbocycles. The van der Waals surface area contributed by atoms with Crippen LogP contribution < -0.4 is 0 Å². The molecule has 0 heterocycles. The van der Waals surface area contributed by atoms with Crippen LogP contribution in [0.1, 0.15) is 26.9 Å². The minimum Gasteiger partial charge on any atom is -0.292 e. The molecular weight excluding hydrogens is 369 g/mol. The topological polar surface area (TPSA) is 17.1 Å². The first-order valence-electron chi connectivity index (χ1n) is 5.90. The maximum Gasteiger partial charge on any atom is 0.417 e. The maximum absolute atomic E-state index is 12.8. The highest BCUT2D eigenvalue weighted by Crippen LogP contribution is 2.36. The quantitative estimate of drug-likeness (QED) is 0.500. The van der Waals surface area contributed by atoms with Gasteiger partial charge in [-0.1, -0.05) is 52.3 Å². The zero-order valence-electron chi connectivity index (χ0n) is 10.5. The van der Waals surface area contributed by atoms with Gasteiger partial charge in [0.2, 0.25) is 0 Å². The van der Waals surface area contributed by atoms with Crippen LogP contribution in [0.2, 0.25) is 0 Å². The molecule has 0 saturated carbocycles. The van der Waals surface area contributed by atoms with Crippen LogP contribution in [0.15, 0.2) is 53.0 Å². The zero-order chi connectivity index (χ0) is 15.6. The molecule has 2 aromatic rings. The molecule has 0 aliphatic heterocycles. The smallest absolute Gasteiger partial charge is 0.292 e. The van der Waals surface area contributed by atoms with Crippen LogP contribution in [0.25, 0.3) is 0 Å². The van der Waals surface area contributed by atoms with E-state index in [1.165, 1.54) is 12.1 Å². The van der Waals surface area contributed by atoms with Gasteiger partial charge in [0.15, 0.2) is 5.78 Å². The fraction of sp³-hybridized carbons (Fsp3) is 0.133. The van der Waals surface area contributed by atoms with Gasteiger partial charge in [-0.15, -0.1) is 11.6 Å². The van der Waals surface area contributed by atoms with Gasteiger partial charge in [0.1, 0.15) is 5.38 Å². The molecule has 110 valence electrons. The molecule has 21 heavy (non-hydrogen) atoms. The number of benzene rings is 2. The molecule has 0 aromatic heterocycles. The second-order valence-electron chi connectivity index (χ2n) is 4.33. The highest BCUT2D eigenvalue weighted by Gasteiger charge is 2.34. The summed E-state index contributed by atoms with van der Waals surface area (Å²) in [7, 11) is 0. The summed E-state index contributed by atoms with van der Waals surface area (Å²) in [6.45, 7) is 0. The van der Waals surface area contributed by atoms with Crippen LogP contribution in [0.5, 0.6) is 0 Å². The zero-order valence-corrected chi connectivity index (χ0v) is 12.8. The number of Topliss-reactive ketones (excluding diaryl/α,β-unsaturated/α-hetero) is 1. The Kier molecular flexibility index (Phi) is 4.74. The van der Waals surface area contributed by atoms with Crippen molar-refractivity contribution in [3.8, 4) is 0 Å². The number of hydrogen-bond acceptors (Lipinski definition) is 1. The third-order valence-electron chi connectivity index (χ3n) is 2.88. The Labute approximate surface area is 132 Å². The van der Waals surface area contributed by atoms with Crippen molar-refractivity contribution in [2.75, 3.05) is 0 Å². The maximum atomic E-state index is 12.8. The second kappa shape index (κ2) is 6.20. The van der Waals surface area contributed by atoms with E-state index in [0.717, 1.165) is 6.07 Å². The third-order valence-corrected chi connectivity index (χ3v) is 4.02. The average molecular weight is 378 g/mol. The van der Waals surface area contributed by atoms with Gasteiger partial charge in [-0.3, -0.25) is 4.79 Å². The first kappa shape index (κ1) is 16.0. The van der Waals surface area contributed by atoms with Gasteiger partial charge >= 0.3 is 6.18 Å². The van der Waals surface area contributed by atoms with Crippen molar-refractivity contribution in [3.63, 3.8) is 0 Å². The van der Waals surface area contributed by atoms with Crippen LogP contribution in [-0.4, -0.2) is 5.78 Å². The van der Waals surface area contributed by atoms with Gasteiger partial charge in [-0.2, -0.15) is 13.2 Å². The SMILES string of the molecule is O=C(c1ccc(Br)c(C(F)(F)F)c1)C(Cl)c1ccccc1. The van der Waals surface area contributed by atoms with E-state index >= 15 is 0 Å². The van der Waals surface area contributed by atoms with Gasteiger partial charge in [-0.05, 0) is 17.7 Å². The van der Waals surface area contributed by atoms with Crippen LogP contribution in [-0.2, 0) is 6.18 Å². The van der Waals surface area contributed by atoms with Gasteiger partial charge in [-0.25, -0.2) is 0 Å². The van der Waals surface area contributed by atoms with Crippen molar-refractivity contribution in [2.45, 2.75) is 11.6 Å². The fourth-order valence-corrected chi connectivity index (χ4v) is 2.56. The average Bonchev–Trinajstić information content (AvgIpc) is 2.46. The lowest BCUT2D eigenvalue weighted by Gasteiger charge is -2.13. The number of rotatable bonds is 3. The van der Waals surface area contributed by atoms with Crippen LogP contribution in [0, 0.1) is 0 Å². The molecule has 6 heteroatoms. The molecule has 0 aliphatic rings. The number of hydrogen-bond donors (Lipinski definition) is 0. The summed E-state index contributed by atoms with van der Waals surface area (Å²) < 4.78 is 38.4. The Balaban J connectivity index is 2.36. The Hall–Kier alpha value is -1.33. The van der Waals surface area contributed by atoms with E-state index in [1.807, 2.05) is 0 Å². The molecule has 1 nitrogen and oxygen atoms in total. The lowest BCUT2D eigenvalue weighted by Crippen LogP contribution is -2.11. The first-order chi connectivity index (χ1) is 9.80. The molecule has 0 amide bonds. The summed E-state index contributed by atoms with van der Waals surface area (Å²) in [6.07, 6.45) is -4.54. The minimum absolute atomic E-state index is 0.0746. The van der Waals surface area contributed by atoms with E-state index in [9.17, 15) is 18.0 Å². The Morgan fingerprint density at radius 2 is 1.71 bits per heavy atom. The Morgan fingerprint density at radius 1 is 1.10 bits per heavy atom. The first-order valence-corrected chi connectivity index (χ1v) is 7.13. The summed E-state index contributed by atoms with van der Waals surface area (Å²) in [6, 6.07) is 11.8. The van der Waals surface area contributed by atoms with Gasteiger partial charge in [0.05, 0.1) is 5.56 Å². The predicted molar refractivity (Wildman–Crippen MR) is 78.5 cm³/mol. The molecule has 0 saturated heterocycles. The summed E-state index contributed by atoms with van der Waals surface area (Å²) in [5, 5.41) is -1.02. The molecule has 0 N–H and O–H groups in total. The van der Waals surface area contributed by atoms with Crippen molar-refractivity contribution in [1.29, 1.82) is 0 Å². The van der Waals surface area contributed by atoms with Crippen molar-refractivity contribution in [1.82, 2.24) is 0 Å². The highest BCUT2D eigenvalue weighted by atomic mass is 79.9. The van der Waals surface area contributed by atoms with E-state index in [4.69, 9.17) is 11.6 Å². The molecule has 0 fully saturated rings. The summed E-state index contributed by atoms with van der Waals surface area (Å²) >= 11 is 8.89. The highest BCUT2D eigenvalue weighted by molar-refractivity contribution is 9.10. The lowest BCUT2D eigenvalue weighted by atomic mass is 10.0. The van der Waals surface area contributed by atoms with Gasteiger partial charge < -0.3 is 0 Å². The van der Waals surface area contributed by atoms with Crippen molar-refractivity contribution < 1.29 is 18.0 Å². The molecule has 2 aromatic carbocycles. The normalized spacial score (nSPS) is 13.0. The summed E-state index contributed by atoms with van der Waals surface area (Å²) in [4.78, 5) is 12.2. The van der Waals surface area contributed by atoms with Gasteiger partial charge in [0, 0.05) is 10.0 Å². The van der Waals surface area contributed by atoms with Crippen molar-refractivity contribution in [2.24, 2.45) is 0 Å². The van der Waals surface area contributed by atoms with E-state index in [0.29, 0.717) is 5.56 Å². The molecular formula is C15H9BrClF3O. The molecule has 0 radical (unpaired) electrons. The van der Waals surface area contributed by atoms with Crippen molar-refractivity contribution >= 4 is 33.3 Å². The second-order valence-corrected chi connectivity index (χ2v) is 5.62. The minimum atomic E-state index is -4.54. The number of halogens is 5. The van der Waals surface area contributed by atoms with E-state index in [-0.39, 0.29) is 10.0 Å². The monoisotopic (exact) mass is 376 g/mol. The van der Waals surface area contributed by atoms with Crippen LogP contribution in [0.4, 0.5) is 13.2 Å². The van der Waals surface area contributed by atoms with E-state index < -0.39 is 22.9 Å². The molecule has 1 atom stereocenters. The standard InChI is InChI=1S/C15H9BrClF3O/c16-12-7-6-10(8-11(12)15(18,19)20)14(21)13(17)9-4-2-1-3-5-9/h1-8,13H. The predicted octanol–water partition coefficient (Wildman–Crippen LogP) is 5.63. The molecule has 2 rings (SSSR count). The fourth-order valence-electron chi connectivity index (χ4n) is 1.82. The lowest BCUT2D eigenvalue weighted by molar-refractivity contribution is -0.138. The Morgan fingerprint density at radius 3 is 2.29 bits per heavy atom. The molecule has 0 bridgehead atoms. The van der Waals surface area contributed by atoms with Gasteiger partial charge in [0.25, 0.3) is 0 Å². The Bertz CT molecular complexity index is 656. The largest absolute Gasteiger partial charge is 0.417 e. The van der Waals surface area contributed by atoms with Crippen LogP contribution >= 0.6 is 27.5 Å². The van der Waals surface area contributed by atoms with E-state index in [1.54, 1.807) is 30.3 Å². The third kappa shape index (κ3) is 3.66. The number of ketones is 1. The number of alkyl halides is 4. The summed E-state index contributed by atoms with van der Waals surface area (Å²) in [5.74, 6) is -0.569.